The summed E-state index contributed by atoms with van der Waals surface area (Å²) in [5.41, 5.74) is 0. The maximum Gasteiger partial charge on any atom is 0.472 e. The topological polar surface area (TPSA) is 231 Å². The summed E-state index contributed by atoms with van der Waals surface area (Å²) in [6.07, 6.45) is 103. The quantitative estimate of drug-likeness (QED) is 0.0146. The number of carbonyl (C=O) groups excluding carboxylic acids is 3. The minimum absolute atomic E-state index is 0.0394. The van der Waals surface area contributed by atoms with Crippen LogP contribution in [0.4, 0.5) is 0 Å². The summed E-state index contributed by atoms with van der Waals surface area (Å²) < 4.78 is 61.0. The summed E-state index contributed by atoms with van der Waals surface area (Å²) in [6, 6.07) is 0. The molecule has 0 aromatic heterocycles. The van der Waals surface area contributed by atoms with Gasteiger partial charge in [0.25, 0.3) is 0 Å². The summed E-state index contributed by atoms with van der Waals surface area (Å²) in [7, 11) is -9.85. The average molecular weight is 1500 g/mol. The highest BCUT2D eigenvalue weighted by atomic mass is 31.2. The summed E-state index contributed by atoms with van der Waals surface area (Å²) in [4.78, 5) is 58.6. The fourth-order valence-corrected chi connectivity index (χ4v) is 11.2. The van der Waals surface area contributed by atoms with Crippen LogP contribution in [0.1, 0.15) is 265 Å². The molecule has 5 atom stereocenters. The molecule has 4 N–H and O–H groups in total. The van der Waals surface area contributed by atoms with E-state index in [0.29, 0.717) is 25.7 Å². The van der Waals surface area contributed by atoms with Crippen molar-refractivity contribution in [2.45, 2.75) is 283 Å². The van der Waals surface area contributed by atoms with Gasteiger partial charge in [0.15, 0.2) is 6.10 Å². The normalized spacial score (nSPS) is 15.1. The number of hydrogen-bond donors (Lipinski definition) is 4. The van der Waals surface area contributed by atoms with Gasteiger partial charge in [0.2, 0.25) is 0 Å². The van der Waals surface area contributed by atoms with Crippen LogP contribution < -0.4 is 0 Å². The molecule has 0 aliphatic carbocycles. The zero-order valence-electron chi connectivity index (χ0n) is 64.6. The van der Waals surface area contributed by atoms with Crippen molar-refractivity contribution in [3.63, 3.8) is 0 Å². The van der Waals surface area contributed by atoms with Gasteiger partial charge in [-0.25, -0.2) is 9.13 Å². The van der Waals surface area contributed by atoms with Crippen molar-refractivity contribution in [1.29, 1.82) is 0 Å². The molecular formula is C87H138O16P2. The Balaban J connectivity index is 4.70. The molecule has 0 aromatic carbocycles. The van der Waals surface area contributed by atoms with Crippen molar-refractivity contribution in [2.75, 3.05) is 39.6 Å². The van der Waals surface area contributed by atoms with Gasteiger partial charge in [0, 0.05) is 19.3 Å². The molecule has 0 fully saturated rings. The lowest BCUT2D eigenvalue weighted by molar-refractivity contribution is -0.161. The summed E-state index contributed by atoms with van der Waals surface area (Å²) in [5.74, 6) is -1.74. The number of ether oxygens (including phenoxy) is 3. The van der Waals surface area contributed by atoms with E-state index in [9.17, 15) is 43.5 Å². The highest BCUT2D eigenvalue weighted by Crippen LogP contribution is 2.45. The number of phosphoric acid groups is 2. The fraction of sp³-hybridized carbons (Fsp3) is 0.575. The largest absolute Gasteiger partial charge is 0.472 e. The number of carbonyl (C=O) groups is 3. The average Bonchev–Trinajstić information content (AvgIpc) is 0.923. The molecule has 0 aliphatic rings. The predicted octanol–water partition coefficient (Wildman–Crippen LogP) is 23.3. The molecule has 0 aromatic rings. The molecule has 0 saturated carbocycles. The van der Waals surface area contributed by atoms with Gasteiger partial charge < -0.3 is 34.2 Å². The molecule has 5 unspecified atom stereocenters. The Labute approximate surface area is 635 Å². The lowest BCUT2D eigenvalue weighted by Crippen LogP contribution is -2.29. The van der Waals surface area contributed by atoms with Gasteiger partial charge in [-0.05, 0) is 154 Å². The van der Waals surface area contributed by atoms with Crippen LogP contribution in [0, 0.1) is 0 Å². The van der Waals surface area contributed by atoms with Crippen LogP contribution in [0.3, 0.4) is 0 Å². The van der Waals surface area contributed by atoms with E-state index in [1.165, 1.54) is 57.8 Å². The van der Waals surface area contributed by atoms with Crippen LogP contribution in [0.25, 0.3) is 0 Å². The molecule has 16 nitrogen and oxygen atoms in total. The Morgan fingerprint density at radius 2 is 0.495 bits per heavy atom. The number of rotatable bonds is 72. The maximum atomic E-state index is 12.9. The van der Waals surface area contributed by atoms with Gasteiger partial charge in [0.1, 0.15) is 25.4 Å². The third-order valence-electron chi connectivity index (χ3n) is 15.5. The van der Waals surface area contributed by atoms with E-state index in [-0.39, 0.29) is 19.3 Å². The number of aliphatic hydroxyl groups excluding tert-OH is 2. The van der Waals surface area contributed by atoms with E-state index in [1.54, 1.807) is 0 Å². The minimum atomic E-state index is -4.97. The van der Waals surface area contributed by atoms with Crippen LogP contribution in [0.5, 0.6) is 0 Å². The second-order valence-electron chi connectivity index (χ2n) is 25.4. The standard InChI is InChI=1S/C87H138O16P2/c1-4-7-10-13-16-19-22-25-28-31-34-36-37-38-39-40-41-42-43-45-48-49-52-55-58-61-64-67-70-73-85(90)97-76-82(88)77-99-104(93,94)100-78-83(89)79-101-105(95,96)102-81-84(103-87(92)75-72-69-66-63-60-57-54-51-46-33-30-27-24-21-18-15-12-9-6-3)80-98-86(91)74-71-68-65-62-59-56-53-50-47-44-35-32-29-26-23-20-17-14-11-8-5-2/h7-12,16-21,25-30,34-36,38-39,44,46,50-51,53,57,59-60,62,66,69,82-84,88-89H,4-6,13-15,22-24,31-33,37,40-43,45,47-49,52,54-56,58,61,63-65,67-68,70-81H2,1-3H3,(H,93,94)(H,95,96)/b10-7-,11-8-,12-9-,19-16-,20-17-,21-18-,28-25-,29-26-,30-27-,36-34-,39-38-,44-35-,51-46-,53-50-,60-57-,62-59-,69-66-. The highest BCUT2D eigenvalue weighted by Gasteiger charge is 2.29. The first-order valence-corrected chi connectivity index (χ1v) is 42.4. The highest BCUT2D eigenvalue weighted by molar-refractivity contribution is 7.47. The van der Waals surface area contributed by atoms with Crippen molar-refractivity contribution in [3.8, 4) is 0 Å². The molecule has 18 heteroatoms. The number of unbranched alkanes of at least 4 members (excludes halogenated alkanes) is 15. The van der Waals surface area contributed by atoms with E-state index in [2.05, 4.69) is 209 Å². The zero-order valence-corrected chi connectivity index (χ0v) is 66.3. The number of hydrogen-bond acceptors (Lipinski definition) is 14. The molecule has 592 valence electrons. The molecule has 0 amide bonds. The maximum absolute atomic E-state index is 12.9. The molecule has 105 heavy (non-hydrogen) atoms. The van der Waals surface area contributed by atoms with Gasteiger partial charge in [-0.15, -0.1) is 0 Å². The van der Waals surface area contributed by atoms with Crippen LogP contribution in [-0.2, 0) is 55.8 Å². The summed E-state index contributed by atoms with van der Waals surface area (Å²) in [5, 5.41) is 20.6. The SMILES string of the molecule is CC/C=C\C/C=C\C/C=C\C/C=C\C/C=C\C/C=C\CCCCC(=O)OCC(COP(=O)(O)OCC(O)COP(=O)(O)OCC(O)COC(=O)CCCCCCCCCCCCCCC/C=C\C/C=C\C/C=C\C/C=C\C/C=C\CC)OC(=O)CC/C=C\C/C=C\C/C=C\C/C=C\C/C=C\C/C=C\CC. The van der Waals surface area contributed by atoms with Crippen LogP contribution in [0.2, 0.25) is 0 Å². The second-order valence-corrected chi connectivity index (χ2v) is 28.3. The molecular weight excluding hydrogens is 1360 g/mol. The summed E-state index contributed by atoms with van der Waals surface area (Å²) >= 11 is 0. The first-order valence-electron chi connectivity index (χ1n) is 39.4. The zero-order chi connectivity index (χ0) is 76.6. The lowest BCUT2D eigenvalue weighted by atomic mass is 10.0. The molecule has 0 radical (unpaired) electrons. The first kappa shape index (κ1) is 99.1. The van der Waals surface area contributed by atoms with Crippen LogP contribution in [0.15, 0.2) is 207 Å². The Morgan fingerprint density at radius 3 is 0.810 bits per heavy atom. The first-order chi connectivity index (χ1) is 51.2. The number of esters is 3. The number of allylic oxidation sites excluding steroid dienone is 34. The number of aliphatic hydroxyl groups is 2. The molecule has 0 bridgehead atoms. The monoisotopic (exact) mass is 1500 g/mol. The van der Waals surface area contributed by atoms with Crippen LogP contribution in [-0.4, -0.2) is 95.9 Å². The van der Waals surface area contributed by atoms with E-state index in [0.717, 1.165) is 141 Å². The van der Waals surface area contributed by atoms with Crippen molar-refractivity contribution in [3.05, 3.63) is 207 Å². The van der Waals surface area contributed by atoms with E-state index in [4.69, 9.17) is 32.3 Å². The van der Waals surface area contributed by atoms with E-state index in [1.807, 2.05) is 18.2 Å². The van der Waals surface area contributed by atoms with Gasteiger partial charge in [-0.2, -0.15) is 0 Å². The molecule has 0 spiro atoms. The van der Waals surface area contributed by atoms with Gasteiger partial charge >= 0.3 is 33.6 Å². The fourth-order valence-electron chi connectivity index (χ4n) is 9.63. The Bertz CT molecular complexity index is 2740. The van der Waals surface area contributed by atoms with Crippen molar-refractivity contribution in [2.24, 2.45) is 0 Å². The Morgan fingerprint density at radius 1 is 0.267 bits per heavy atom. The Hall–Kier alpha value is -5.87. The van der Waals surface area contributed by atoms with Crippen molar-refractivity contribution in [1.82, 2.24) is 0 Å². The third-order valence-corrected chi connectivity index (χ3v) is 17.4. The molecule has 0 heterocycles. The third kappa shape index (κ3) is 79.0. The second kappa shape index (κ2) is 77.7. The van der Waals surface area contributed by atoms with Gasteiger partial charge in [0.05, 0.1) is 26.4 Å². The van der Waals surface area contributed by atoms with Crippen molar-refractivity contribution < 1.29 is 75.8 Å². The Kier molecular flexibility index (Phi) is 73.4. The van der Waals surface area contributed by atoms with Gasteiger partial charge in [-0.1, -0.05) is 298 Å². The summed E-state index contributed by atoms with van der Waals surface area (Å²) in [6.45, 7) is 2.17. The van der Waals surface area contributed by atoms with Gasteiger partial charge in [-0.3, -0.25) is 32.5 Å². The molecule has 0 aliphatic heterocycles. The lowest BCUT2D eigenvalue weighted by Gasteiger charge is -2.21. The predicted molar refractivity (Wildman–Crippen MR) is 435 cm³/mol. The van der Waals surface area contributed by atoms with E-state index >= 15 is 0 Å². The molecule has 0 saturated heterocycles. The van der Waals surface area contributed by atoms with E-state index < -0.39 is 91.5 Å². The molecule has 0 rings (SSSR count). The smallest absolute Gasteiger partial charge is 0.463 e. The van der Waals surface area contributed by atoms with Crippen LogP contribution >= 0.6 is 15.6 Å². The minimum Gasteiger partial charge on any atom is -0.463 e. The van der Waals surface area contributed by atoms with Crippen molar-refractivity contribution >= 4 is 33.6 Å². The number of phosphoric ester groups is 2.